The molecule has 0 spiro atoms. The maximum atomic E-state index is 13.2. The van der Waals surface area contributed by atoms with E-state index in [4.69, 9.17) is 16.3 Å². The zero-order chi connectivity index (χ0) is 38.7. The van der Waals surface area contributed by atoms with Crippen LogP contribution in [0.4, 0.5) is 28.8 Å². The molecule has 0 radical (unpaired) electrons. The first kappa shape index (κ1) is 38.6. The van der Waals surface area contributed by atoms with Gasteiger partial charge >= 0.3 is 0 Å². The number of carbonyl (C=O) groups is 3. The summed E-state index contributed by atoms with van der Waals surface area (Å²) in [5, 5.41) is 13.6. The van der Waals surface area contributed by atoms with Gasteiger partial charge in [-0.25, -0.2) is 4.98 Å². The number of rotatable bonds is 13. The fourth-order valence-electron chi connectivity index (χ4n) is 7.25. The molecule has 0 bridgehead atoms. The monoisotopic (exact) mass is 802 g/mol. The fraction of sp³-hybridized carbons (Fsp3) is 0.359. The number of thioether (sulfide) groups is 1. The van der Waals surface area contributed by atoms with Crippen molar-refractivity contribution in [2.75, 3.05) is 61.4 Å². The highest BCUT2D eigenvalue weighted by atomic mass is 35.5. The Labute approximate surface area is 329 Å². The summed E-state index contributed by atoms with van der Waals surface area (Å²) in [6.07, 6.45) is 4.10. The van der Waals surface area contributed by atoms with Crippen molar-refractivity contribution < 1.29 is 23.7 Å². The smallest absolute Gasteiger partial charge is 0.255 e. The maximum absolute atomic E-state index is 13.2. The summed E-state index contributed by atoms with van der Waals surface area (Å²) in [6, 6.07) is 19.0. The lowest BCUT2D eigenvalue weighted by molar-refractivity contribution is -0.136. The van der Waals surface area contributed by atoms with Crippen LogP contribution in [0, 0.1) is 0 Å². The number of ether oxygens (including phenoxy) is 1. The van der Waals surface area contributed by atoms with Gasteiger partial charge in [-0.3, -0.25) is 19.7 Å². The molecule has 0 aliphatic carbocycles. The number of benzene rings is 3. The minimum atomic E-state index is -2.55. The predicted molar refractivity (Wildman–Crippen MR) is 219 cm³/mol. The molecule has 1 atom stereocenters. The van der Waals surface area contributed by atoms with Gasteiger partial charge in [-0.1, -0.05) is 29.8 Å². The van der Waals surface area contributed by atoms with E-state index >= 15 is 0 Å². The third-order valence-corrected chi connectivity index (χ3v) is 13.0. The molecule has 0 saturated carbocycles. The second-order valence-corrected chi connectivity index (χ2v) is 18.9. The van der Waals surface area contributed by atoms with Gasteiger partial charge in [-0.2, -0.15) is 4.98 Å². The zero-order valence-corrected chi connectivity index (χ0v) is 33.4. The molecule has 13 nitrogen and oxygen atoms in total. The fourth-order valence-corrected chi connectivity index (χ4v) is 9.51. The van der Waals surface area contributed by atoms with Crippen LogP contribution < -0.4 is 36.2 Å². The number of amides is 3. The third-order valence-electron chi connectivity index (χ3n) is 10.1. The molecule has 1 aromatic heterocycles. The molecule has 7 rings (SSSR count). The Hall–Kier alpha value is -4.62. The number of halogens is 1. The molecule has 16 heteroatoms. The molecule has 3 aliphatic heterocycles. The average Bonchev–Trinajstić information content (AvgIpc) is 3.51. The second kappa shape index (κ2) is 16.6. The summed E-state index contributed by atoms with van der Waals surface area (Å²) in [7, 11) is -0.915. The number of hydrogen-bond acceptors (Lipinski definition) is 12. The predicted octanol–water partition coefficient (Wildman–Crippen LogP) is 5.99. The summed E-state index contributed by atoms with van der Waals surface area (Å²) in [6.45, 7) is 6.44. The number of hydrogen-bond donors (Lipinski definition) is 4. The maximum Gasteiger partial charge on any atom is 0.255 e. The Bertz CT molecular complexity index is 2160. The largest absolute Gasteiger partial charge is 0.494 e. The molecule has 55 heavy (non-hydrogen) atoms. The third kappa shape index (κ3) is 8.78. The quantitative estimate of drug-likeness (QED) is 0.0543. The van der Waals surface area contributed by atoms with Crippen molar-refractivity contribution in [3.8, 4) is 5.75 Å². The van der Waals surface area contributed by atoms with E-state index < -0.39 is 19.1 Å². The van der Waals surface area contributed by atoms with Crippen molar-refractivity contribution in [3.05, 3.63) is 83.0 Å². The highest BCUT2D eigenvalue weighted by molar-refractivity contribution is 7.99. The van der Waals surface area contributed by atoms with E-state index in [0.29, 0.717) is 63.8 Å². The van der Waals surface area contributed by atoms with Crippen molar-refractivity contribution in [1.82, 2.24) is 25.5 Å². The number of nitrogens with zero attached hydrogens (tertiary/aromatic N) is 4. The summed E-state index contributed by atoms with van der Waals surface area (Å²) in [5.74, 6) is 1.39. The summed E-state index contributed by atoms with van der Waals surface area (Å²) >= 11 is 8.18. The van der Waals surface area contributed by atoms with Crippen LogP contribution in [0.2, 0.25) is 5.02 Å². The minimum Gasteiger partial charge on any atom is -0.494 e. The van der Waals surface area contributed by atoms with Crippen LogP contribution in [-0.4, -0.2) is 90.5 Å². The molecule has 288 valence electrons. The molecule has 3 amide bonds. The van der Waals surface area contributed by atoms with E-state index in [9.17, 15) is 18.9 Å². The Balaban J connectivity index is 0.903. The Morgan fingerprint density at radius 3 is 2.56 bits per heavy atom. The van der Waals surface area contributed by atoms with Gasteiger partial charge in [0.05, 0.1) is 24.7 Å². The van der Waals surface area contributed by atoms with E-state index in [0.717, 1.165) is 54.4 Å². The van der Waals surface area contributed by atoms with E-state index in [1.807, 2.05) is 54.6 Å². The van der Waals surface area contributed by atoms with Gasteiger partial charge in [0.15, 0.2) is 5.82 Å². The van der Waals surface area contributed by atoms with Crippen LogP contribution in [0.3, 0.4) is 0 Å². The lowest BCUT2D eigenvalue weighted by atomic mass is 10.0. The average molecular weight is 803 g/mol. The molecule has 2 fully saturated rings. The van der Waals surface area contributed by atoms with Crippen molar-refractivity contribution in [2.24, 2.45) is 0 Å². The molecular weight excluding hydrogens is 759 g/mol. The van der Waals surface area contributed by atoms with Gasteiger partial charge in [0.1, 0.15) is 24.0 Å². The first-order chi connectivity index (χ1) is 26.5. The van der Waals surface area contributed by atoms with Crippen LogP contribution in [0.15, 0.2) is 71.8 Å². The number of piperidine rings is 2. The van der Waals surface area contributed by atoms with Crippen LogP contribution in [0.25, 0.3) is 0 Å². The Morgan fingerprint density at radius 2 is 1.80 bits per heavy atom. The topological polar surface area (TPSA) is 158 Å². The molecule has 3 aliphatic rings. The molecule has 4 aromatic rings. The number of nitrogens with one attached hydrogen (secondary N) is 4. The van der Waals surface area contributed by atoms with Crippen molar-refractivity contribution in [2.45, 2.75) is 49.2 Å². The molecule has 4 heterocycles. The van der Waals surface area contributed by atoms with Gasteiger partial charge in [-0.15, -0.1) is 11.8 Å². The molecule has 2 saturated heterocycles. The van der Waals surface area contributed by atoms with E-state index in [1.165, 1.54) is 6.20 Å². The van der Waals surface area contributed by atoms with Gasteiger partial charge in [0.2, 0.25) is 17.8 Å². The van der Waals surface area contributed by atoms with Crippen molar-refractivity contribution in [1.29, 1.82) is 0 Å². The van der Waals surface area contributed by atoms with E-state index in [1.54, 1.807) is 37.1 Å². The number of imide groups is 1. The van der Waals surface area contributed by atoms with E-state index in [2.05, 4.69) is 42.2 Å². The van der Waals surface area contributed by atoms with Gasteiger partial charge in [0.25, 0.3) is 5.91 Å². The summed E-state index contributed by atoms with van der Waals surface area (Å²) < 4.78 is 18.6. The van der Waals surface area contributed by atoms with Gasteiger partial charge in [-0.05, 0) is 74.6 Å². The van der Waals surface area contributed by atoms with Crippen LogP contribution in [0.5, 0.6) is 5.75 Å². The number of fused-ring (bicyclic) bond motifs is 1. The minimum absolute atomic E-state index is 0.150. The molecular formula is C39H44ClN8O5PS. The zero-order valence-electron chi connectivity index (χ0n) is 30.9. The standard InChI is InChI=1S/C39H44ClN8O5PS/c1-53-32-21-25(11-12-29(32)44-39-42-22-28(40)36(46-39)43-30-8-4-5-9-33(30)54(2,3)52)47-18-15-24(16-19-47)41-17-20-55-34-10-6-7-26-27(34)23-48(38(26)51)31-13-14-35(49)45-37(31)50/h4-12,21-22,24,31,41H,13-20,23H2,1-3H3,(H,45,49,50)(H2,42,43,44,46). The molecule has 1 unspecified atom stereocenters. The van der Waals surface area contributed by atoms with Crippen LogP contribution >= 0.6 is 30.5 Å². The number of anilines is 5. The van der Waals surface area contributed by atoms with Gasteiger partial charge in [0, 0.05) is 71.9 Å². The summed E-state index contributed by atoms with van der Waals surface area (Å²) in [4.78, 5) is 51.3. The normalized spacial score (nSPS) is 17.6. The first-order valence-corrected chi connectivity index (χ1v) is 22.2. The van der Waals surface area contributed by atoms with E-state index in [-0.39, 0.29) is 18.2 Å². The molecule has 4 N–H and O–H groups in total. The lowest BCUT2D eigenvalue weighted by Gasteiger charge is -2.34. The number of carbonyl (C=O) groups excluding carboxylic acids is 3. The Morgan fingerprint density at radius 1 is 1.00 bits per heavy atom. The number of methoxy groups -OCH3 is 1. The Kier molecular flexibility index (Phi) is 11.7. The number of aromatic nitrogens is 2. The highest BCUT2D eigenvalue weighted by Gasteiger charge is 2.39. The van der Waals surface area contributed by atoms with Crippen molar-refractivity contribution >= 4 is 82.4 Å². The highest BCUT2D eigenvalue weighted by Crippen LogP contribution is 2.39. The van der Waals surface area contributed by atoms with Gasteiger partial charge < -0.3 is 35.1 Å². The number of para-hydroxylation sites is 1. The SMILES string of the molecule is COc1cc(N2CCC(NCCSc3cccc4c3CN(C3CCC(=O)NC3=O)C4=O)CC2)ccc1Nc1ncc(Cl)c(Nc2ccccc2P(C)(C)=O)n1. The van der Waals surface area contributed by atoms with Crippen molar-refractivity contribution in [3.63, 3.8) is 0 Å². The second-order valence-electron chi connectivity index (χ2n) is 14.1. The first-order valence-electron chi connectivity index (χ1n) is 18.3. The van der Waals surface area contributed by atoms with Crippen LogP contribution in [-0.2, 0) is 20.7 Å². The van der Waals surface area contributed by atoms with Crippen LogP contribution in [0.1, 0.15) is 41.6 Å². The lowest BCUT2D eigenvalue weighted by Crippen LogP contribution is -2.52. The molecule has 3 aromatic carbocycles. The summed E-state index contributed by atoms with van der Waals surface area (Å²) in [5.41, 5.74) is 4.04.